The number of hydrogen-bond donors (Lipinski definition) is 2. The molecule has 4 rings (SSSR count). The number of furan rings is 1. The van der Waals surface area contributed by atoms with E-state index in [4.69, 9.17) is 4.42 Å². The highest BCUT2D eigenvalue weighted by Crippen LogP contribution is 2.19. The summed E-state index contributed by atoms with van der Waals surface area (Å²) in [4.78, 5) is 43.4. The van der Waals surface area contributed by atoms with Crippen LogP contribution in [-0.4, -0.2) is 46.7 Å². The highest BCUT2D eigenvalue weighted by molar-refractivity contribution is 6.04. The van der Waals surface area contributed by atoms with Gasteiger partial charge in [-0.3, -0.25) is 19.4 Å². The molecule has 0 bridgehead atoms. The molecule has 32 heavy (non-hydrogen) atoms. The molecule has 8 heteroatoms. The number of carbonyl (C=O) groups is 3. The summed E-state index contributed by atoms with van der Waals surface area (Å²) in [6.45, 7) is 3.00. The van der Waals surface area contributed by atoms with Crippen molar-refractivity contribution in [2.45, 2.75) is 25.8 Å². The van der Waals surface area contributed by atoms with E-state index in [2.05, 4.69) is 15.6 Å². The summed E-state index contributed by atoms with van der Waals surface area (Å²) in [5.41, 5.74) is 2.47. The zero-order valence-corrected chi connectivity index (χ0v) is 17.7. The van der Waals surface area contributed by atoms with E-state index in [1.54, 1.807) is 59.8 Å². The molecule has 0 unspecified atom stereocenters. The lowest BCUT2D eigenvalue weighted by Crippen LogP contribution is -2.46. The molecule has 8 nitrogen and oxygen atoms in total. The topological polar surface area (TPSA) is 105 Å². The number of nitrogens with zero attached hydrogens (tertiary/aromatic N) is 2. The Balaban J connectivity index is 1.34. The molecule has 1 aliphatic heterocycles. The Morgan fingerprint density at radius 2 is 1.75 bits per heavy atom. The highest BCUT2D eigenvalue weighted by Gasteiger charge is 2.25. The number of carbonyl (C=O) groups excluding carboxylic acids is 3. The molecule has 0 saturated carbocycles. The first-order chi connectivity index (χ1) is 15.5. The fourth-order valence-electron chi connectivity index (χ4n) is 3.66. The van der Waals surface area contributed by atoms with Crippen LogP contribution in [0.4, 0.5) is 5.69 Å². The van der Waals surface area contributed by atoms with Gasteiger partial charge in [0.25, 0.3) is 17.7 Å². The van der Waals surface area contributed by atoms with Crippen molar-refractivity contribution in [2.24, 2.45) is 0 Å². The third kappa shape index (κ3) is 4.85. The minimum Gasteiger partial charge on any atom is -0.459 e. The molecule has 3 heterocycles. The number of anilines is 1. The molecule has 1 fully saturated rings. The average molecular weight is 432 g/mol. The second kappa shape index (κ2) is 9.47. The molecular formula is C24H24N4O4. The van der Waals surface area contributed by atoms with Crippen molar-refractivity contribution in [2.75, 3.05) is 18.4 Å². The average Bonchev–Trinajstić information content (AvgIpc) is 3.36. The first-order valence-corrected chi connectivity index (χ1v) is 10.5. The van der Waals surface area contributed by atoms with E-state index >= 15 is 0 Å². The van der Waals surface area contributed by atoms with Gasteiger partial charge in [0.1, 0.15) is 0 Å². The van der Waals surface area contributed by atoms with Crippen LogP contribution in [0.2, 0.25) is 0 Å². The Hall–Kier alpha value is -3.94. The lowest BCUT2D eigenvalue weighted by Gasteiger charge is -2.32. The van der Waals surface area contributed by atoms with Crippen molar-refractivity contribution >= 4 is 23.4 Å². The molecule has 0 atom stereocenters. The van der Waals surface area contributed by atoms with E-state index < -0.39 is 0 Å². The predicted molar refractivity (Wildman–Crippen MR) is 118 cm³/mol. The molecule has 1 aromatic carbocycles. The molecule has 1 saturated heterocycles. The van der Waals surface area contributed by atoms with E-state index in [1.165, 1.54) is 6.26 Å². The number of hydrogen-bond acceptors (Lipinski definition) is 5. The number of aryl methyl sites for hydroxylation is 1. The summed E-state index contributed by atoms with van der Waals surface area (Å²) in [7, 11) is 0. The smallest absolute Gasteiger partial charge is 0.291 e. The van der Waals surface area contributed by atoms with Gasteiger partial charge >= 0.3 is 0 Å². The minimum atomic E-state index is -0.373. The van der Waals surface area contributed by atoms with Crippen molar-refractivity contribution in [3.8, 4) is 0 Å². The number of piperidine rings is 1. The van der Waals surface area contributed by atoms with E-state index in [0.717, 1.165) is 5.56 Å². The van der Waals surface area contributed by atoms with E-state index in [-0.39, 0.29) is 29.5 Å². The van der Waals surface area contributed by atoms with Crippen LogP contribution in [0.3, 0.4) is 0 Å². The van der Waals surface area contributed by atoms with Crippen LogP contribution in [0.15, 0.2) is 65.5 Å². The van der Waals surface area contributed by atoms with Gasteiger partial charge < -0.3 is 20.0 Å². The first kappa shape index (κ1) is 21.3. The molecule has 2 N–H and O–H groups in total. The Labute approximate surface area is 185 Å². The summed E-state index contributed by atoms with van der Waals surface area (Å²) < 4.78 is 5.12. The number of pyridine rings is 1. The molecule has 1 aliphatic rings. The van der Waals surface area contributed by atoms with Gasteiger partial charge in [-0.05, 0) is 61.7 Å². The van der Waals surface area contributed by atoms with E-state index in [0.29, 0.717) is 42.7 Å². The normalized spacial score (nSPS) is 14.1. The third-order valence-electron chi connectivity index (χ3n) is 5.54. The zero-order valence-electron chi connectivity index (χ0n) is 17.7. The summed E-state index contributed by atoms with van der Waals surface area (Å²) in [6, 6.07) is 11.8. The second-order valence-corrected chi connectivity index (χ2v) is 7.74. The fourth-order valence-corrected chi connectivity index (χ4v) is 3.66. The molecular weight excluding hydrogens is 408 g/mol. The maximum Gasteiger partial charge on any atom is 0.291 e. The van der Waals surface area contributed by atoms with Crippen LogP contribution in [-0.2, 0) is 0 Å². The van der Waals surface area contributed by atoms with Crippen molar-refractivity contribution in [3.05, 3.63) is 83.6 Å². The number of amides is 3. The van der Waals surface area contributed by atoms with Gasteiger partial charge in [-0.15, -0.1) is 0 Å². The third-order valence-corrected chi connectivity index (χ3v) is 5.54. The Morgan fingerprint density at radius 1 is 1.00 bits per heavy atom. The molecule has 0 aliphatic carbocycles. The van der Waals surface area contributed by atoms with Gasteiger partial charge in [-0.25, -0.2) is 0 Å². The van der Waals surface area contributed by atoms with Crippen LogP contribution in [0.1, 0.15) is 49.7 Å². The van der Waals surface area contributed by atoms with Crippen molar-refractivity contribution in [1.82, 2.24) is 15.2 Å². The molecule has 164 valence electrons. The maximum absolute atomic E-state index is 12.8. The Morgan fingerprint density at radius 3 is 2.44 bits per heavy atom. The van der Waals surface area contributed by atoms with Gasteiger partial charge in [-0.1, -0.05) is 6.07 Å². The Kier molecular flexibility index (Phi) is 6.30. The molecule has 3 amide bonds. The highest BCUT2D eigenvalue weighted by atomic mass is 16.3. The van der Waals surface area contributed by atoms with Crippen molar-refractivity contribution < 1.29 is 18.8 Å². The van der Waals surface area contributed by atoms with E-state index in [9.17, 15) is 14.4 Å². The van der Waals surface area contributed by atoms with Crippen LogP contribution >= 0.6 is 0 Å². The van der Waals surface area contributed by atoms with Gasteiger partial charge in [0.05, 0.1) is 6.26 Å². The van der Waals surface area contributed by atoms with Crippen LogP contribution in [0.25, 0.3) is 0 Å². The van der Waals surface area contributed by atoms with Crippen molar-refractivity contribution in [3.63, 3.8) is 0 Å². The minimum absolute atomic E-state index is 0.0207. The number of likely N-dealkylation sites (tertiary alicyclic amines) is 1. The monoisotopic (exact) mass is 432 g/mol. The van der Waals surface area contributed by atoms with Gasteiger partial charge in [0.2, 0.25) is 0 Å². The molecule has 2 aromatic heterocycles. The van der Waals surface area contributed by atoms with Gasteiger partial charge in [-0.2, -0.15) is 0 Å². The van der Waals surface area contributed by atoms with E-state index in [1.807, 2.05) is 6.92 Å². The SMILES string of the molecule is Cc1ccc(C(=O)NC2CCN(C(=O)c3ccncc3)CC2)cc1NC(=O)c1ccco1. The standard InChI is InChI=1S/C24H24N4O4/c1-16-4-5-18(15-20(16)27-23(30)21-3-2-14-32-21)22(29)26-19-8-12-28(13-9-19)24(31)17-6-10-25-11-7-17/h2-7,10-11,14-15,19H,8-9,12-13H2,1H3,(H,26,29)(H,27,30). The maximum atomic E-state index is 12.8. The summed E-state index contributed by atoms with van der Waals surface area (Å²) >= 11 is 0. The lowest BCUT2D eigenvalue weighted by molar-refractivity contribution is 0.0697. The molecule has 0 radical (unpaired) electrons. The lowest BCUT2D eigenvalue weighted by atomic mass is 10.0. The zero-order chi connectivity index (χ0) is 22.5. The predicted octanol–water partition coefficient (Wildman–Crippen LogP) is 3.27. The molecule has 3 aromatic rings. The van der Waals surface area contributed by atoms with Crippen molar-refractivity contribution in [1.29, 1.82) is 0 Å². The van der Waals surface area contributed by atoms with Crippen LogP contribution < -0.4 is 10.6 Å². The summed E-state index contributed by atoms with van der Waals surface area (Å²) in [5, 5.41) is 5.83. The largest absolute Gasteiger partial charge is 0.459 e. The number of rotatable bonds is 5. The fraction of sp³-hybridized carbons (Fsp3) is 0.250. The Bertz CT molecular complexity index is 1100. The van der Waals surface area contributed by atoms with Crippen LogP contribution in [0.5, 0.6) is 0 Å². The van der Waals surface area contributed by atoms with Gasteiger partial charge in [0, 0.05) is 48.3 Å². The quantitative estimate of drug-likeness (QED) is 0.644. The van der Waals surface area contributed by atoms with Crippen LogP contribution in [0, 0.1) is 6.92 Å². The number of nitrogens with one attached hydrogen (secondary N) is 2. The second-order valence-electron chi connectivity index (χ2n) is 7.74. The number of benzene rings is 1. The van der Waals surface area contributed by atoms with Gasteiger partial charge in [0.15, 0.2) is 5.76 Å². The summed E-state index contributed by atoms with van der Waals surface area (Å²) in [5.74, 6) is -0.403. The number of aromatic nitrogens is 1. The molecule has 0 spiro atoms. The summed E-state index contributed by atoms with van der Waals surface area (Å²) in [6.07, 6.45) is 5.99. The first-order valence-electron chi connectivity index (χ1n) is 10.5.